The van der Waals surface area contributed by atoms with Gasteiger partial charge in [-0.15, -0.1) is 0 Å². The van der Waals surface area contributed by atoms with Gasteiger partial charge in [0.25, 0.3) is 0 Å². The molecule has 220 valence electrons. The van der Waals surface area contributed by atoms with Gasteiger partial charge < -0.3 is 4.74 Å². The van der Waals surface area contributed by atoms with Crippen LogP contribution in [-0.4, -0.2) is 30.5 Å². The Balaban J connectivity index is 1.46. The first-order chi connectivity index (χ1) is 22.0. The molecular formula is C38H28N2O5. The number of fused-ring (bicyclic) bond motifs is 2. The zero-order valence-electron chi connectivity index (χ0n) is 24.4. The van der Waals surface area contributed by atoms with E-state index >= 15 is 0 Å². The standard InChI is InChI=1S/C38H28N2O5/c1-45-27-22-20-24(21-23-27)32(33-35(41)28-16-8-10-18-30(28)39(37(33)43)25-12-4-2-5-13-25)34-36(42)29-17-9-11-19-31(29)40(38(34)44)26-14-6-3-7-15-26/h2-23,32-34H,1H3/t32?,33-,34+. The first-order valence-corrected chi connectivity index (χ1v) is 14.7. The van der Waals surface area contributed by atoms with E-state index in [-0.39, 0.29) is 0 Å². The number of carbonyl (C=O) groups excluding carboxylic acids is 4. The Bertz CT molecular complexity index is 1820. The molecule has 2 aliphatic heterocycles. The van der Waals surface area contributed by atoms with Crippen LogP contribution in [0.4, 0.5) is 22.7 Å². The highest BCUT2D eigenvalue weighted by Crippen LogP contribution is 2.48. The van der Waals surface area contributed by atoms with Crippen molar-refractivity contribution in [2.45, 2.75) is 5.92 Å². The number of benzene rings is 5. The van der Waals surface area contributed by atoms with Crippen molar-refractivity contribution in [1.29, 1.82) is 0 Å². The number of methoxy groups -OCH3 is 1. The van der Waals surface area contributed by atoms with Crippen molar-refractivity contribution >= 4 is 46.1 Å². The fraction of sp³-hybridized carbons (Fsp3) is 0.105. The third-order valence-electron chi connectivity index (χ3n) is 8.61. The number of amides is 2. The SMILES string of the molecule is COc1ccc(C([C@@H]2C(=O)c3ccccc3N(c3ccccc3)C2=O)[C@H]2C(=O)c3ccccc3N(c3ccccc3)C2=O)cc1. The van der Waals surface area contributed by atoms with Crippen LogP contribution in [-0.2, 0) is 9.59 Å². The number of nitrogens with zero attached hydrogens (tertiary/aromatic N) is 2. The summed E-state index contributed by atoms with van der Waals surface area (Å²) in [4.78, 5) is 61.5. The minimum atomic E-state index is -1.37. The van der Waals surface area contributed by atoms with E-state index in [2.05, 4.69) is 0 Å². The zero-order chi connectivity index (χ0) is 31.1. The minimum Gasteiger partial charge on any atom is -0.497 e. The Morgan fingerprint density at radius 3 is 1.33 bits per heavy atom. The normalized spacial score (nSPS) is 18.3. The van der Waals surface area contributed by atoms with Crippen LogP contribution in [0.15, 0.2) is 133 Å². The lowest BCUT2D eigenvalue weighted by molar-refractivity contribution is -0.123. The van der Waals surface area contributed by atoms with Crippen LogP contribution in [0.3, 0.4) is 0 Å². The molecular weight excluding hydrogens is 564 g/mol. The molecule has 0 aliphatic carbocycles. The van der Waals surface area contributed by atoms with Gasteiger partial charge in [0.15, 0.2) is 11.6 Å². The summed E-state index contributed by atoms with van der Waals surface area (Å²) in [7, 11) is 1.54. The Hall–Kier alpha value is -5.82. The van der Waals surface area contributed by atoms with E-state index < -0.39 is 41.1 Å². The molecule has 7 heteroatoms. The molecule has 0 aromatic heterocycles. The van der Waals surface area contributed by atoms with E-state index in [0.717, 1.165) is 0 Å². The summed E-state index contributed by atoms with van der Waals surface area (Å²) >= 11 is 0. The summed E-state index contributed by atoms with van der Waals surface area (Å²) in [6.07, 6.45) is 0. The third kappa shape index (κ3) is 4.60. The van der Waals surface area contributed by atoms with Crippen LogP contribution in [0.5, 0.6) is 5.75 Å². The maximum absolute atomic E-state index is 14.7. The van der Waals surface area contributed by atoms with Gasteiger partial charge >= 0.3 is 0 Å². The second-order valence-corrected chi connectivity index (χ2v) is 11.0. The van der Waals surface area contributed by atoms with E-state index in [9.17, 15) is 19.2 Å². The molecule has 0 bridgehead atoms. The molecule has 0 saturated carbocycles. The Morgan fingerprint density at radius 1 is 0.511 bits per heavy atom. The van der Waals surface area contributed by atoms with Gasteiger partial charge in [0.05, 0.1) is 18.5 Å². The Kier molecular flexibility index (Phi) is 7.06. The fourth-order valence-electron chi connectivity index (χ4n) is 6.55. The van der Waals surface area contributed by atoms with Crippen molar-refractivity contribution in [2.24, 2.45) is 11.8 Å². The molecule has 0 N–H and O–H groups in total. The summed E-state index contributed by atoms with van der Waals surface area (Å²) in [5.74, 6) is -5.16. The summed E-state index contributed by atoms with van der Waals surface area (Å²) in [6, 6.07) is 39.0. The molecule has 0 fully saturated rings. The topological polar surface area (TPSA) is 84.0 Å². The lowest BCUT2D eigenvalue weighted by Crippen LogP contribution is -2.52. The molecule has 2 amide bonds. The number of ether oxygens (including phenoxy) is 1. The van der Waals surface area contributed by atoms with Crippen molar-refractivity contribution < 1.29 is 23.9 Å². The fourth-order valence-corrected chi connectivity index (χ4v) is 6.55. The van der Waals surface area contributed by atoms with E-state index in [4.69, 9.17) is 4.74 Å². The van der Waals surface area contributed by atoms with Crippen molar-refractivity contribution in [2.75, 3.05) is 16.9 Å². The molecule has 5 aromatic rings. The second kappa shape index (κ2) is 11.4. The van der Waals surface area contributed by atoms with Gasteiger partial charge in [-0.2, -0.15) is 0 Å². The van der Waals surface area contributed by atoms with Gasteiger partial charge in [0, 0.05) is 28.4 Å². The van der Waals surface area contributed by atoms with Crippen LogP contribution in [0.1, 0.15) is 32.2 Å². The number of ketones is 2. The smallest absolute Gasteiger partial charge is 0.243 e. The van der Waals surface area contributed by atoms with Crippen molar-refractivity contribution in [3.63, 3.8) is 0 Å². The van der Waals surface area contributed by atoms with E-state index in [1.807, 2.05) is 36.4 Å². The number of para-hydroxylation sites is 4. The van der Waals surface area contributed by atoms with Crippen molar-refractivity contribution in [1.82, 2.24) is 0 Å². The van der Waals surface area contributed by atoms with E-state index in [0.29, 0.717) is 45.2 Å². The first-order valence-electron chi connectivity index (χ1n) is 14.7. The second-order valence-electron chi connectivity index (χ2n) is 11.0. The summed E-state index contributed by atoms with van der Waals surface area (Å²) < 4.78 is 5.38. The van der Waals surface area contributed by atoms with Gasteiger partial charge in [0.1, 0.15) is 17.6 Å². The van der Waals surface area contributed by atoms with Gasteiger partial charge in [-0.1, -0.05) is 72.8 Å². The maximum atomic E-state index is 14.7. The average molecular weight is 593 g/mol. The van der Waals surface area contributed by atoms with Gasteiger partial charge in [-0.25, -0.2) is 0 Å². The lowest BCUT2D eigenvalue weighted by Gasteiger charge is -2.41. The predicted octanol–water partition coefficient (Wildman–Crippen LogP) is 7.13. The number of anilines is 4. The highest BCUT2D eigenvalue weighted by molar-refractivity contribution is 6.28. The average Bonchev–Trinajstić information content (AvgIpc) is 3.09. The first kappa shape index (κ1) is 28.0. The Morgan fingerprint density at radius 2 is 0.911 bits per heavy atom. The van der Waals surface area contributed by atoms with Crippen LogP contribution in [0, 0.1) is 11.8 Å². The zero-order valence-corrected chi connectivity index (χ0v) is 24.4. The molecule has 3 atom stereocenters. The maximum Gasteiger partial charge on any atom is 0.243 e. The van der Waals surface area contributed by atoms with Gasteiger partial charge in [-0.05, 0) is 66.2 Å². The number of Topliss-reactive ketones (excluding diaryl/α,β-unsaturated/α-hetero) is 2. The van der Waals surface area contributed by atoms with Crippen LogP contribution < -0.4 is 14.5 Å². The minimum absolute atomic E-state index is 0.348. The summed E-state index contributed by atoms with van der Waals surface area (Å²) in [5, 5.41) is 0. The largest absolute Gasteiger partial charge is 0.497 e. The summed E-state index contributed by atoms with van der Waals surface area (Å²) in [5.41, 5.74) is 3.29. The molecule has 0 radical (unpaired) electrons. The predicted molar refractivity (Wildman–Crippen MR) is 171 cm³/mol. The Labute approximate surface area is 260 Å². The molecule has 7 nitrogen and oxygen atoms in total. The van der Waals surface area contributed by atoms with E-state index in [1.165, 1.54) is 16.9 Å². The molecule has 0 saturated heterocycles. The summed E-state index contributed by atoms with van der Waals surface area (Å²) in [6.45, 7) is 0. The quantitative estimate of drug-likeness (QED) is 0.196. The molecule has 45 heavy (non-hydrogen) atoms. The van der Waals surface area contributed by atoms with Gasteiger partial charge in [-0.3, -0.25) is 29.0 Å². The highest BCUT2D eigenvalue weighted by Gasteiger charge is 2.53. The number of hydrogen-bond donors (Lipinski definition) is 0. The number of carbonyl (C=O) groups is 4. The highest BCUT2D eigenvalue weighted by atomic mass is 16.5. The molecule has 1 unspecified atom stereocenters. The van der Waals surface area contributed by atoms with Crippen LogP contribution in [0.25, 0.3) is 0 Å². The van der Waals surface area contributed by atoms with Crippen LogP contribution >= 0.6 is 0 Å². The van der Waals surface area contributed by atoms with E-state index in [1.54, 1.807) is 97.1 Å². The molecule has 0 spiro atoms. The third-order valence-corrected chi connectivity index (χ3v) is 8.61. The van der Waals surface area contributed by atoms with Gasteiger partial charge in [0.2, 0.25) is 11.8 Å². The molecule has 7 rings (SSSR count). The lowest BCUT2D eigenvalue weighted by atomic mass is 9.68. The van der Waals surface area contributed by atoms with Crippen LogP contribution in [0.2, 0.25) is 0 Å². The molecule has 2 heterocycles. The molecule has 5 aromatic carbocycles. The van der Waals surface area contributed by atoms with Crippen molar-refractivity contribution in [3.8, 4) is 5.75 Å². The number of hydrogen-bond acceptors (Lipinski definition) is 5. The number of rotatable bonds is 6. The monoisotopic (exact) mass is 592 g/mol. The molecule has 2 aliphatic rings. The van der Waals surface area contributed by atoms with Crippen molar-refractivity contribution in [3.05, 3.63) is 150 Å².